The van der Waals surface area contributed by atoms with Crippen LogP contribution in [0.25, 0.3) is 0 Å². The third kappa shape index (κ3) is 11.8. The Morgan fingerprint density at radius 1 is 1.27 bits per heavy atom. The summed E-state index contributed by atoms with van der Waals surface area (Å²) in [7, 11) is 0. The van der Waals surface area contributed by atoms with Crippen molar-refractivity contribution in [3.63, 3.8) is 0 Å². The zero-order valence-electron chi connectivity index (χ0n) is 16.3. The van der Waals surface area contributed by atoms with Crippen LogP contribution in [0.1, 0.15) is 75.2 Å². The number of amides is 1. The summed E-state index contributed by atoms with van der Waals surface area (Å²) in [5.41, 5.74) is -0.464. The zero-order valence-corrected chi connectivity index (χ0v) is 16.3. The van der Waals surface area contributed by atoms with Crippen LogP contribution >= 0.6 is 0 Å². The number of carbonyl (C=O) groups is 1. The Balaban J connectivity index is 0. The van der Waals surface area contributed by atoms with Crippen molar-refractivity contribution in [2.75, 3.05) is 13.1 Å². The number of likely N-dealkylation sites (tertiary alicyclic amines) is 1. The van der Waals surface area contributed by atoms with Crippen LogP contribution in [0.15, 0.2) is 0 Å². The van der Waals surface area contributed by atoms with Crippen LogP contribution in [0.5, 0.6) is 0 Å². The second kappa shape index (κ2) is 11.8. The molecule has 1 heterocycles. The summed E-state index contributed by atoms with van der Waals surface area (Å²) in [5, 5.41) is 9.47. The largest absolute Gasteiger partial charge is 0.444 e. The number of ether oxygens (including phenoxy) is 1. The van der Waals surface area contributed by atoms with E-state index in [1.165, 1.54) is 12.8 Å². The Morgan fingerprint density at radius 3 is 2.00 bits per heavy atom. The number of aliphatic hydroxyl groups is 1. The molecule has 1 N–H and O–H groups in total. The molecule has 1 aliphatic heterocycles. The van der Waals surface area contributed by atoms with Gasteiger partial charge in [0.15, 0.2) is 0 Å². The maximum Gasteiger partial charge on any atom is 0.410 e. The number of rotatable bonds is 2. The van der Waals surface area contributed by atoms with Crippen molar-refractivity contribution in [3.05, 3.63) is 0 Å². The summed E-state index contributed by atoms with van der Waals surface area (Å²) < 4.78 is 5.19. The third-order valence-corrected chi connectivity index (χ3v) is 3.09. The molecule has 0 aromatic carbocycles. The van der Waals surface area contributed by atoms with Gasteiger partial charge in [-0.3, -0.25) is 0 Å². The van der Waals surface area contributed by atoms with Crippen molar-refractivity contribution in [2.24, 2.45) is 11.8 Å². The van der Waals surface area contributed by atoms with Gasteiger partial charge in [0.25, 0.3) is 0 Å². The molecule has 0 bridgehead atoms. The molecule has 0 aromatic rings. The number of carbonyl (C=O) groups excluding carboxylic acids is 1. The average Bonchev–Trinajstić information content (AvgIpc) is 2.71. The summed E-state index contributed by atoms with van der Waals surface area (Å²) in [5.74, 6) is 1.04. The quantitative estimate of drug-likeness (QED) is 0.803. The third-order valence-electron chi connectivity index (χ3n) is 3.09. The molecule has 1 saturated heterocycles. The maximum atomic E-state index is 11.5. The van der Waals surface area contributed by atoms with E-state index in [4.69, 9.17) is 4.74 Å². The molecule has 0 spiro atoms. The second-order valence-electron chi connectivity index (χ2n) is 7.11. The highest BCUT2D eigenvalue weighted by molar-refractivity contribution is 5.68. The van der Waals surface area contributed by atoms with E-state index in [0.29, 0.717) is 13.1 Å². The molecule has 2 unspecified atom stereocenters. The first kappa shape index (κ1) is 23.5. The lowest BCUT2D eigenvalue weighted by atomic mass is 10.1. The fourth-order valence-electron chi connectivity index (χ4n) is 2.00. The van der Waals surface area contributed by atoms with Crippen molar-refractivity contribution >= 4 is 6.09 Å². The molecule has 22 heavy (non-hydrogen) atoms. The van der Waals surface area contributed by atoms with E-state index in [-0.39, 0.29) is 12.0 Å². The van der Waals surface area contributed by atoms with E-state index in [1.807, 2.05) is 41.5 Å². The molecule has 1 fully saturated rings. The molecule has 0 radical (unpaired) electrons. The minimum Gasteiger partial charge on any atom is -0.444 e. The Morgan fingerprint density at radius 2 is 1.77 bits per heavy atom. The first-order valence-electron chi connectivity index (χ1n) is 8.72. The van der Waals surface area contributed by atoms with E-state index in [2.05, 4.69) is 20.8 Å². The van der Waals surface area contributed by atoms with Crippen molar-refractivity contribution in [1.29, 1.82) is 0 Å². The Labute approximate surface area is 138 Å². The van der Waals surface area contributed by atoms with Gasteiger partial charge in [0.05, 0.1) is 12.6 Å². The molecular weight excluding hydrogens is 278 g/mol. The molecule has 1 amide bonds. The summed E-state index contributed by atoms with van der Waals surface area (Å²) in [4.78, 5) is 13.1. The molecular formula is C18H39NO3. The van der Waals surface area contributed by atoms with Crippen LogP contribution in [-0.4, -0.2) is 40.9 Å². The Bertz CT molecular complexity index is 275. The highest BCUT2D eigenvalue weighted by Gasteiger charge is 2.33. The van der Waals surface area contributed by atoms with Gasteiger partial charge < -0.3 is 14.7 Å². The summed E-state index contributed by atoms with van der Waals surface area (Å²) in [6.07, 6.45) is 1.96. The SMILES string of the molecule is CC.CC1CN(C(=O)OC(C)(C)C)CC1O.CCCC(C)C. The molecule has 4 heteroatoms. The molecule has 1 rings (SSSR count). The van der Waals surface area contributed by atoms with Gasteiger partial charge in [-0.1, -0.05) is 54.4 Å². The van der Waals surface area contributed by atoms with E-state index in [0.717, 1.165) is 5.92 Å². The fourth-order valence-corrected chi connectivity index (χ4v) is 2.00. The highest BCUT2D eigenvalue weighted by atomic mass is 16.6. The summed E-state index contributed by atoms with van der Waals surface area (Å²) >= 11 is 0. The molecule has 1 aliphatic rings. The molecule has 0 aliphatic carbocycles. The molecule has 4 nitrogen and oxygen atoms in total. The van der Waals surface area contributed by atoms with E-state index in [1.54, 1.807) is 4.90 Å². The van der Waals surface area contributed by atoms with Crippen LogP contribution in [0.3, 0.4) is 0 Å². The van der Waals surface area contributed by atoms with Crippen LogP contribution in [0.4, 0.5) is 4.79 Å². The van der Waals surface area contributed by atoms with Gasteiger partial charge in [-0.25, -0.2) is 4.79 Å². The summed E-state index contributed by atoms with van der Waals surface area (Å²) in [6, 6.07) is 0. The lowest BCUT2D eigenvalue weighted by Gasteiger charge is -2.24. The van der Waals surface area contributed by atoms with Crippen LogP contribution in [0.2, 0.25) is 0 Å². The molecule has 0 saturated carbocycles. The van der Waals surface area contributed by atoms with Gasteiger partial charge in [0.2, 0.25) is 0 Å². The fraction of sp³-hybridized carbons (Fsp3) is 0.944. The van der Waals surface area contributed by atoms with Crippen molar-refractivity contribution < 1.29 is 14.6 Å². The number of nitrogens with zero attached hydrogens (tertiary/aromatic N) is 1. The smallest absolute Gasteiger partial charge is 0.410 e. The van der Waals surface area contributed by atoms with Crippen molar-refractivity contribution in [1.82, 2.24) is 4.90 Å². The van der Waals surface area contributed by atoms with Crippen molar-refractivity contribution in [2.45, 2.75) is 86.9 Å². The van der Waals surface area contributed by atoms with Gasteiger partial charge in [-0.15, -0.1) is 0 Å². The monoisotopic (exact) mass is 317 g/mol. The molecule has 0 aromatic heterocycles. The maximum absolute atomic E-state index is 11.5. The predicted octanol–water partition coefficient (Wildman–Crippen LogP) is 4.70. The van der Waals surface area contributed by atoms with Crippen LogP contribution < -0.4 is 0 Å². The van der Waals surface area contributed by atoms with E-state index >= 15 is 0 Å². The van der Waals surface area contributed by atoms with Gasteiger partial charge in [-0.2, -0.15) is 0 Å². The Kier molecular flexibility index (Phi) is 12.6. The summed E-state index contributed by atoms with van der Waals surface area (Å²) in [6.45, 7) is 19.1. The Hall–Kier alpha value is -0.770. The normalized spacial score (nSPS) is 20.8. The standard InChI is InChI=1S/C10H19NO3.C6H14.C2H6/c1-7-5-11(6-8(7)12)9(13)14-10(2,3)4;1-4-5-6(2)3;1-2/h7-8,12H,5-6H2,1-4H3;6H,4-5H2,1-3H3;1-2H3. The first-order valence-corrected chi connectivity index (χ1v) is 8.72. The van der Waals surface area contributed by atoms with E-state index in [9.17, 15) is 9.90 Å². The number of hydrogen-bond donors (Lipinski definition) is 1. The zero-order chi connectivity index (χ0) is 17.9. The van der Waals surface area contributed by atoms with Crippen LogP contribution in [0, 0.1) is 11.8 Å². The lowest BCUT2D eigenvalue weighted by molar-refractivity contribution is 0.0270. The van der Waals surface area contributed by atoms with Crippen molar-refractivity contribution in [3.8, 4) is 0 Å². The number of aliphatic hydroxyl groups excluding tert-OH is 1. The van der Waals surface area contributed by atoms with Gasteiger partial charge >= 0.3 is 6.09 Å². The average molecular weight is 318 g/mol. The van der Waals surface area contributed by atoms with Gasteiger partial charge in [0.1, 0.15) is 5.60 Å². The first-order chi connectivity index (χ1) is 10.1. The molecule has 2 atom stereocenters. The number of β-amino-alcohol motifs (C(OH)–C–C–N with tert-alkyl or cyclic N) is 1. The van der Waals surface area contributed by atoms with E-state index < -0.39 is 11.7 Å². The topological polar surface area (TPSA) is 49.8 Å². The minimum absolute atomic E-state index is 0.141. The predicted molar refractivity (Wildman–Crippen MR) is 94.1 cm³/mol. The van der Waals surface area contributed by atoms with Gasteiger partial charge in [-0.05, 0) is 26.7 Å². The lowest BCUT2D eigenvalue weighted by Crippen LogP contribution is -2.35. The second-order valence-corrected chi connectivity index (χ2v) is 7.11. The van der Waals surface area contributed by atoms with Crippen LogP contribution in [-0.2, 0) is 4.74 Å². The highest BCUT2D eigenvalue weighted by Crippen LogP contribution is 2.19. The molecule has 134 valence electrons. The number of hydrogen-bond acceptors (Lipinski definition) is 3. The van der Waals surface area contributed by atoms with Gasteiger partial charge in [0, 0.05) is 12.5 Å². The minimum atomic E-state index is -0.464.